The van der Waals surface area contributed by atoms with Gasteiger partial charge in [0.1, 0.15) is 5.75 Å². The molecular weight excluding hydrogens is 328 g/mol. The summed E-state index contributed by atoms with van der Waals surface area (Å²) in [5, 5.41) is 4.35. The van der Waals surface area contributed by atoms with Crippen molar-refractivity contribution >= 4 is 28.2 Å². The minimum absolute atomic E-state index is 0.276. The summed E-state index contributed by atoms with van der Waals surface area (Å²) in [6.07, 6.45) is 0.928. The van der Waals surface area contributed by atoms with Crippen molar-refractivity contribution in [2.75, 3.05) is 19.0 Å². The summed E-state index contributed by atoms with van der Waals surface area (Å²) in [6, 6.07) is 15.5. The van der Waals surface area contributed by atoms with E-state index in [1.807, 2.05) is 43.3 Å². The standard InChI is InChI=1S/C21H22N2O3/c1-4-14-6-11-18-17(12-14)19(13-20(23-18)21(24)25-3)22-15-7-9-16(10-8-15)26-5-2/h6-13H,4-5H2,1-3H3,(H,22,23). The molecule has 0 atom stereocenters. The van der Waals surface area contributed by atoms with Gasteiger partial charge in [-0.3, -0.25) is 0 Å². The maximum Gasteiger partial charge on any atom is 0.356 e. The highest BCUT2D eigenvalue weighted by Gasteiger charge is 2.13. The van der Waals surface area contributed by atoms with Gasteiger partial charge in [0, 0.05) is 11.1 Å². The number of aromatic nitrogens is 1. The third-order valence-corrected chi connectivity index (χ3v) is 4.12. The molecule has 2 aromatic carbocycles. The van der Waals surface area contributed by atoms with Crippen LogP contribution in [0.4, 0.5) is 11.4 Å². The average molecular weight is 350 g/mol. The zero-order chi connectivity index (χ0) is 18.5. The lowest BCUT2D eigenvalue weighted by Gasteiger charge is -2.13. The number of carbonyl (C=O) groups excluding carboxylic acids is 1. The minimum Gasteiger partial charge on any atom is -0.494 e. The molecule has 0 unspecified atom stereocenters. The number of esters is 1. The van der Waals surface area contributed by atoms with E-state index >= 15 is 0 Å². The molecule has 5 heteroatoms. The van der Waals surface area contributed by atoms with Gasteiger partial charge >= 0.3 is 5.97 Å². The Morgan fingerprint density at radius 2 is 1.85 bits per heavy atom. The fourth-order valence-corrected chi connectivity index (χ4v) is 2.76. The van der Waals surface area contributed by atoms with Crippen LogP contribution in [0.5, 0.6) is 5.75 Å². The van der Waals surface area contributed by atoms with Crippen LogP contribution in [0.2, 0.25) is 0 Å². The minimum atomic E-state index is -0.457. The second kappa shape index (κ2) is 7.87. The predicted molar refractivity (Wildman–Crippen MR) is 103 cm³/mol. The van der Waals surface area contributed by atoms with Crippen LogP contribution in [0, 0.1) is 0 Å². The Morgan fingerprint density at radius 1 is 1.08 bits per heavy atom. The summed E-state index contributed by atoms with van der Waals surface area (Å²) in [5.74, 6) is 0.363. The normalized spacial score (nSPS) is 10.6. The second-order valence-corrected chi connectivity index (χ2v) is 5.83. The molecular formula is C21H22N2O3. The number of anilines is 2. The van der Waals surface area contributed by atoms with Crippen molar-refractivity contribution < 1.29 is 14.3 Å². The van der Waals surface area contributed by atoms with Crippen LogP contribution >= 0.6 is 0 Å². The smallest absolute Gasteiger partial charge is 0.356 e. The highest BCUT2D eigenvalue weighted by Crippen LogP contribution is 2.29. The fraction of sp³-hybridized carbons (Fsp3) is 0.238. The van der Waals surface area contributed by atoms with Gasteiger partial charge in [-0.05, 0) is 61.4 Å². The summed E-state index contributed by atoms with van der Waals surface area (Å²) in [6.45, 7) is 4.69. The number of hydrogen-bond acceptors (Lipinski definition) is 5. The number of ether oxygens (including phenoxy) is 2. The van der Waals surface area contributed by atoms with Crippen LogP contribution < -0.4 is 10.1 Å². The van der Waals surface area contributed by atoms with Gasteiger partial charge in [-0.25, -0.2) is 9.78 Å². The first-order valence-electron chi connectivity index (χ1n) is 8.66. The van der Waals surface area contributed by atoms with Crippen LogP contribution in [0.25, 0.3) is 10.9 Å². The van der Waals surface area contributed by atoms with E-state index in [9.17, 15) is 4.79 Å². The Balaban J connectivity index is 2.04. The van der Waals surface area contributed by atoms with E-state index in [-0.39, 0.29) is 5.69 Å². The molecule has 26 heavy (non-hydrogen) atoms. The van der Waals surface area contributed by atoms with E-state index in [4.69, 9.17) is 9.47 Å². The maximum atomic E-state index is 12.0. The molecule has 0 bridgehead atoms. The lowest BCUT2D eigenvalue weighted by atomic mass is 10.1. The van der Waals surface area contributed by atoms with Gasteiger partial charge in [0.05, 0.1) is 24.9 Å². The molecule has 0 radical (unpaired) electrons. The first-order chi connectivity index (χ1) is 12.6. The number of methoxy groups -OCH3 is 1. The number of hydrogen-bond donors (Lipinski definition) is 1. The third kappa shape index (κ3) is 3.77. The summed E-state index contributed by atoms with van der Waals surface area (Å²) < 4.78 is 10.3. The average Bonchev–Trinajstić information content (AvgIpc) is 2.68. The number of aryl methyl sites for hydroxylation is 1. The number of nitrogens with one attached hydrogen (secondary N) is 1. The highest BCUT2D eigenvalue weighted by atomic mass is 16.5. The molecule has 0 saturated carbocycles. The molecule has 1 aromatic heterocycles. The molecule has 0 aliphatic carbocycles. The SMILES string of the molecule is CCOc1ccc(Nc2cc(C(=O)OC)nc3ccc(CC)cc23)cc1. The molecule has 1 N–H and O–H groups in total. The van der Waals surface area contributed by atoms with Crippen LogP contribution in [-0.4, -0.2) is 24.7 Å². The van der Waals surface area contributed by atoms with Gasteiger partial charge in [0.25, 0.3) is 0 Å². The molecule has 0 aliphatic heterocycles. The number of fused-ring (bicyclic) bond motifs is 1. The van der Waals surface area contributed by atoms with Crippen molar-refractivity contribution in [3.05, 3.63) is 59.8 Å². The van der Waals surface area contributed by atoms with E-state index in [0.717, 1.165) is 34.4 Å². The molecule has 0 aliphatic rings. The zero-order valence-electron chi connectivity index (χ0n) is 15.2. The highest BCUT2D eigenvalue weighted by molar-refractivity contribution is 5.99. The maximum absolute atomic E-state index is 12.0. The molecule has 134 valence electrons. The Kier molecular flexibility index (Phi) is 5.37. The number of carbonyl (C=O) groups is 1. The summed E-state index contributed by atoms with van der Waals surface area (Å²) in [7, 11) is 1.36. The molecule has 3 aromatic rings. The van der Waals surface area contributed by atoms with E-state index < -0.39 is 5.97 Å². The zero-order valence-corrected chi connectivity index (χ0v) is 15.2. The van der Waals surface area contributed by atoms with Crippen LogP contribution in [0.1, 0.15) is 29.9 Å². The third-order valence-electron chi connectivity index (χ3n) is 4.12. The fourth-order valence-electron chi connectivity index (χ4n) is 2.76. The van der Waals surface area contributed by atoms with Crippen molar-refractivity contribution in [3.8, 4) is 5.75 Å². The van der Waals surface area contributed by atoms with Crippen molar-refractivity contribution in [1.82, 2.24) is 4.98 Å². The summed E-state index contributed by atoms with van der Waals surface area (Å²) >= 11 is 0. The van der Waals surface area contributed by atoms with Gasteiger partial charge in [-0.1, -0.05) is 13.0 Å². The molecule has 3 rings (SSSR count). The van der Waals surface area contributed by atoms with Gasteiger partial charge in [-0.2, -0.15) is 0 Å². The Morgan fingerprint density at radius 3 is 2.50 bits per heavy atom. The predicted octanol–water partition coefficient (Wildman–Crippen LogP) is 4.73. The molecule has 0 amide bonds. The van der Waals surface area contributed by atoms with E-state index in [0.29, 0.717) is 6.61 Å². The summed E-state index contributed by atoms with van der Waals surface area (Å²) in [5.41, 5.74) is 3.95. The molecule has 1 heterocycles. The van der Waals surface area contributed by atoms with Crippen LogP contribution in [0.15, 0.2) is 48.5 Å². The second-order valence-electron chi connectivity index (χ2n) is 5.83. The van der Waals surface area contributed by atoms with Crippen molar-refractivity contribution in [2.45, 2.75) is 20.3 Å². The Hall–Kier alpha value is -3.08. The topological polar surface area (TPSA) is 60.5 Å². The number of nitrogens with zero attached hydrogens (tertiary/aromatic N) is 1. The lowest BCUT2D eigenvalue weighted by molar-refractivity contribution is 0.0594. The van der Waals surface area contributed by atoms with Gasteiger partial charge < -0.3 is 14.8 Å². The monoisotopic (exact) mass is 350 g/mol. The number of rotatable bonds is 6. The van der Waals surface area contributed by atoms with Crippen LogP contribution in [-0.2, 0) is 11.2 Å². The van der Waals surface area contributed by atoms with Gasteiger partial charge in [0.2, 0.25) is 0 Å². The Bertz CT molecular complexity index is 920. The van der Waals surface area contributed by atoms with E-state index in [2.05, 4.69) is 23.3 Å². The van der Waals surface area contributed by atoms with Crippen molar-refractivity contribution in [2.24, 2.45) is 0 Å². The first-order valence-corrected chi connectivity index (χ1v) is 8.66. The van der Waals surface area contributed by atoms with E-state index in [1.54, 1.807) is 6.07 Å². The largest absolute Gasteiger partial charge is 0.494 e. The molecule has 5 nitrogen and oxygen atoms in total. The van der Waals surface area contributed by atoms with Crippen molar-refractivity contribution in [1.29, 1.82) is 0 Å². The number of benzene rings is 2. The molecule has 0 spiro atoms. The first kappa shape index (κ1) is 17.7. The number of pyridine rings is 1. The molecule has 0 fully saturated rings. The van der Waals surface area contributed by atoms with Crippen molar-refractivity contribution in [3.63, 3.8) is 0 Å². The van der Waals surface area contributed by atoms with Crippen LogP contribution in [0.3, 0.4) is 0 Å². The van der Waals surface area contributed by atoms with Gasteiger partial charge in [-0.15, -0.1) is 0 Å². The van der Waals surface area contributed by atoms with E-state index in [1.165, 1.54) is 12.7 Å². The quantitative estimate of drug-likeness (QED) is 0.652. The summed E-state index contributed by atoms with van der Waals surface area (Å²) in [4.78, 5) is 16.4. The van der Waals surface area contributed by atoms with Gasteiger partial charge in [0.15, 0.2) is 5.69 Å². The molecule has 0 saturated heterocycles. The lowest BCUT2D eigenvalue weighted by Crippen LogP contribution is -2.06. The Labute approximate surface area is 153 Å².